The molecule has 3 nitrogen and oxygen atoms in total. The van der Waals surface area contributed by atoms with Gasteiger partial charge in [0, 0.05) is 10.4 Å². The number of benzene rings is 1. The summed E-state index contributed by atoms with van der Waals surface area (Å²) in [6, 6.07) is 7.31. The average molecular weight is 175 g/mol. The van der Waals surface area contributed by atoms with E-state index in [9.17, 15) is 4.79 Å². The Hall–Kier alpha value is -1.73. The van der Waals surface area contributed by atoms with Crippen LogP contribution in [0.4, 0.5) is 0 Å². The van der Waals surface area contributed by atoms with Gasteiger partial charge in [-0.05, 0) is 12.5 Å². The number of carbonyl (C=O) groups is 1. The highest BCUT2D eigenvalue weighted by Gasteiger charge is 1.98. The van der Waals surface area contributed by atoms with Crippen molar-refractivity contribution < 1.29 is 9.58 Å². The van der Waals surface area contributed by atoms with E-state index in [4.69, 9.17) is 0 Å². The van der Waals surface area contributed by atoms with Gasteiger partial charge in [0.1, 0.15) is 6.54 Å². The Balaban J connectivity index is 2.80. The number of ketones is 1. The minimum atomic E-state index is 0.0744. The molecule has 0 bridgehead atoms. The highest BCUT2D eigenvalue weighted by atomic mass is 16.1. The van der Waals surface area contributed by atoms with E-state index in [2.05, 4.69) is 16.6 Å². The number of carbonyl (C=O) groups excluding carboxylic acids is 1. The van der Waals surface area contributed by atoms with Gasteiger partial charge in [-0.2, -0.15) is 0 Å². The molecule has 0 radical (unpaired) electrons. The fourth-order valence-corrected chi connectivity index (χ4v) is 0.977. The molecule has 1 rings (SSSR count). The molecule has 0 N–H and O–H groups in total. The van der Waals surface area contributed by atoms with Gasteiger partial charge in [-0.25, -0.2) is 0 Å². The summed E-state index contributed by atoms with van der Waals surface area (Å²) >= 11 is 0. The molecule has 0 aliphatic heterocycles. The van der Waals surface area contributed by atoms with E-state index in [1.807, 2.05) is 12.1 Å². The van der Waals surface area contributed by atoms with Crippen LogP contribution in [0.5, 0.6) is 0 Å². The van der Waals surface area contributed by atoms with E-state index in [1.165, 1.54) is 0 Å². The van der Waals surface area contributed by atoms with Crippen LogP contribution >= 0.6 is 0 Å². The Morgan fingerprint density at radius 2 is 2.08 bits per heavy atom. The summed E-state index contributed by atoms with van der Waals surface area (Å²) in [7, 11) is 0. The topological polar surface area (TPSA) is 43.5 Å². The molecule has 0 saturated heterocycles. The van der Waals surface area contributed by atoms with Gasteiger partial charge < -0.3 is 0 Å². The second-order valence-electron chi connectivity index (χ2n) is 2.69. The quantitative estimate of drug-likeness (QED) is 0.298. The van der Waals surface area contributed by atoms with Gasteiger partial charge in [0.05, 0.1) is 5.11 Å². The zero-order valence-electron chi connectivity index (χ0n) is 7.53. The minimum absolute atomic E-state index is 0.0744. The predicted molar refractivity (Wildman–Crippen MR) is 50.0 cm³/mol. The van der Waals surface area contributed by atoms with Gasteiger partial charge in [-0.3, -0.25) is 4.79 Å². The van der Waals surface area contributed by atoms with E-state index in [0.717, 1.165) is 11.1 Å². The van der Waals surface area contributed by atoms with Crippen LogP contribution in [0.25, 0.3) is 0 Å². The number of hydrogen-bond donors (Lipinski definition) is 0. The molecule has 13 heavy (non-hydrogen) atoms. The van der Waals surface area contributed by atoms with E-state index < -0.39 is 0 Å². The molecule has 0 saturated carbocycles. The maximum absolute atomic E-state index is 10.9. The fraction of sp³-hybridized carbons (Fsp3) is 0.200. The minimum Gasteiger partial charge on any atom is -0.295 e. The average Bonchev–Trinajstić information content (AvgIpc) is 2.15. The molecule has 66 valence electrons. The van der Waals surface area contributed by atoms with Crippen LogP contribution in [-0.4, -0.2) is 17.3 Å². The Labute approximate surface area is 76.8 Å². The van der Waals surface area contributed by atoms with Gasteiger partial charge >= 0.3 is 0 Å². The van der Waals surface area contributed by atoms with Crippen molar-refractivity contribution in [2.45, 2.75) is 13.5 Å². The van der Waals surface area contributed by atoms with Crippen LogP contribution in [0.1, 0.15) is 22.8 Å². The number of Topliss-reactive ketones (excluding diaryl/α,β-unsaturated/α-hetero) is 1. The first-order valence-electron chi connectivity index (χ1n) is 3.96. The zero-order chi connectivity index (χ0) is 9.68. The van der Waals surface area contributed by atoms with Gasteiger partial charge in [0.2, 0.25) is 0 Å². The third-order valence-electron chi connectivity index (χ3n) is 1.71. The first kappa shape index (κ1) is 9.36. The van der Waals surface area contributed by atoms with Crippen molar-refractivity contribution in [3.63, 3.8) is 0 Å². The lowest BCUT2D eigenvalue weighted by molar-refractivity contribution is -0.0798. The molecule has 1 aromatic carbocycles. The van der Waals surface area contributed by atoms with Crippen LogP contribution in [0.2, 0.25) is 0 Å². The lowest BCUT2D eigenvalue weighted by Gasteiger charge is -1.95. The molecule has 1 aromatic rings. The maximum Gasteiger partial charge on any atom is 0.295 e. The molecule has 0 aliphatic carbocycles. The van der Waals surface area contributed by atoms with Crippen molar-refractivity contribution in [2.24, 2.45) is 5.11 Å². The normalized spacial score (nSPS) is 9.00. The first-order valence-corrected chi connectivity index (χ1v) is 3.96. The Morgan fingerprint density at radius 3 is 2.54 bits per heavy atom. The molecule has 0 heterocycles. The highest BCUT2D eigenvalue weighted by Crippen LogP contribution is 2.05. The SMILES string of the molecule is C=[N+]=NCc1ccc(C(C)=O)cc1. The van der Waals surface area contributed by atoms with Crippen molar-refractivity contribution >= 4 is 12.5 Å². The lowest BCUT2D eigenvalue weighted by atomic mass is 10.1. The summed E-state index contributed by atoms with van der Waals surface area (Å²) in [5.41, 5.74) is 1.74. The molecular weight excluding hydrogens is 164 g/mol. The number of hydrogen-bond acceptors (Lipinski definition) is 2. The molecule has 0 fully saturated rings. The first-order chi connectivity index (χ1) is 6.24. The molecule has 0 aromatic heterocycles. The number of rotatable bonds is 3. The summed E-state index contributed by atoms with van der Waals surface area (Å²) in [6.45, 7) is 5.31. The van der Waals surface area contributed by atoms with Crippen molar-refractivity contribution in [1.29, 1.82) is 0 Å². The third kappa shape index (κ3) is 2.65. The van der Waals surface area contributed by atoms with E-state index >= 15 is 0 Å². The summed E-state index contributed by atoms with van der Waals surface area (Å²) in [4.78, 5) is 14.3. The standard InChI is InChI=1S/C10H11N2O/c1-8(13)10-5-3-9(4-6-10)7-12-11-2/h3-6H,2,7H2,1H3/q+1. The molecule has 0 atom stereocenters. The maximum atomic E-state index is 10.9. The number of nitrogens with zero attached hydrogens (tertiary/aromatic N) is 2. The Morgan fingerprint density at radius 1 is 1.46 bits per heavy atom. The van der Waals surface area contributed by atoms with Crippen molar-refractivity contribution in [2.75, 3.05) is 0 Å². The van der Waals surface area contributed by atoms with E-state index in [1.54, 1.807) is 19.1 Å². The highest BCUT2D eigenvalue weighted by molar-refractivity contribution is 5.93. The molecular formula is C10H11N2O+. The van der Waals surface area contributed by atoms with Crippen LogP contribution in [-0.2, 0) is 6.54 Å². The fourth-order valence-electron chi connectivity index (χ4n) is 0.977. The second-order valence-corrected chi connectivity index (χ2v) is 2.69. The Kier molecular flexibility index (Phi) is 3.12. The second kappa shape index (κ2) is 4.33. The summed E-state index contributed by atoms with van der Waals surface area (Å²) in [5, 5.41) is 3.75. The monoisotopic (exact) mass is 175 g/mol. The predicted octanol–water partition coefficient (Wildman–Crippen LogP) is 1.75. The summed E-state index contributed by atoms with van der Waals surface area (Å²) < 4.78 is 0. The molecule has 0 unspecified atom stereocenters. The van der Waals surface area contributed by atoms with Crippen LogP contribution in [0.15, 0.2) is 29.4 Å². The van der Waals surface area contributed by atoms with E-state index in [0.29, 0.717) is 6.54 Å². The van der Waals surface area contributed by atoms with Gasteiger partial charge in [0.25, 0.3) is 6.72 Å². The van der Waals surface area contributed by atoms with Crippen LogP contribution < -0.4 is 0 Å². The van der Waals surface area contributed by atoms with Gasteiger partial charge in [-0.15, -0.1) is 0 Å². The smallest absolute Gasteiger partial charge is 0.295 e. The molecule has 0 spiro atoms. The third-order valence-corrected chi connectivity index (χ3v) is 1.71. The Bertz CT molecular complexity index is 348. The molecule has 0 aliphatic rings. The van der Waals surface area contributed by atoms with Crippen molar-refractivity contribution in [3.05, 3.63) is 35.4 Å². The van der Waals surface area contributed by atoms with Crippen LogP contribution in [0, 0.1) is 0 Å². The van der Waals surface area contributed by atoms with Crippen LogP contribution in [0.3, 0.4) is 0 Å². The summed E-state index contributed by atoms with van der Waals surface area (Å²) in [6.07, 6.45) is 0. The van der Waals surface area contributed by atoms with Gasteiger partial charge in [0.15, 0.2) is 5.78 Å². The molecule has 0 amide bonds. The zero-order valence-corrected chi connectivity index (χ0v) is 7.53. The van der Waals surface area contributed by atoms with Crippen molar-refractivity contribution in [3.8, 4) is 0 Å². The van der Waals surface area contributed by atoms with Gasteiger partial charge in [-0.1, -0.05) is 24.3 Å². The largest absolute Gasteiger partial charge is 0.295 e. The lowest BCUT2D eigenvalue weighted by Crippen LogP contribution is -1.91. The van der Waals surface area contributed by atoms with Crippen molar-refractivity contribution in [1.82, 2.24) is 0 Å². The van der Waals surface area contributed by atoms with E-state index in [-0.39, 0.29) is 5.78 Å². The summed E-state index contributed by atoms with van der Waals surface area (Å²) in [5.74, 6) is 0.0744. The molecule has 3 heteroatoms.